The van der Waals surface area contributed by atoms with Crippen molar-refractivity contribution in [3.05, 3.63) is 18.2 Å². The monoisotopic (exact) mass is 288 g/mol. The first kappa shape index (κ1) is 14.2. The van der Waals surface area contributed by atoms with E-state index in [1.807, 2.05) is 18.2 Å². The first-order valence-electron chi connectivity index (χ1n) is 8.10. The molecule has 4 heteroatoms. The highest BCUT2D eigenvalue weighted by atomic mass is 16.5. The van der Waals surface area contributed by atoms with Crippen molar-refractivity contribution < 1.29 is 9.53 Å². The van der Waals surface area contributed by atoms with Crippen LogP contribution in [0.4, 0.5) is 11.4 Å². The molecule has 3 rings (SSSR count). The molecule has 1 saturated carbocycles. The molecule has 0 saturated heterocycles. The van der Waals surface area contributed by atoms with Crippen LogP contribution in [0, 0.1) is 0 Å². The van der Waals surface area contributed by atoms with Crippen LogP contribution in [-0.2, 0) is 4.79 Å². The van der Waals surface area contributed by atoms with Gasteiger partial charge in [0.25, 0.3) is 5.91 Å². The fraction of sp³-hybridized carbons (Fsp3) is 0.588. The van der Waals surface area contributed by atoms with Gasteiger partial charge in [-0.3, -0.25) is 4.79 Å². The van der Waals surface area contributed by atoms with Crippen molar-refractivity contribution in [2.75, 3.05) is 10.6 Å². The molecule has 0 bridgehead atoms. The summed E-state index contributed by atoms with van der Waals surface area (Å²) in [5.74, 6) is 0.677. The maximum absolute atomic E-state index is 11.7. The molecule has 1 aromatic rings. The lowest BCUT2D eigenvalue weighted by Crippen LogP contribution is -2.34. The maximum Gasteiger partial charge on any atom is 0.265 e. The Balaban J connectivity index is 1.68. The predicted molar refractivity (Wildman–Crippen MR) is 84.9 cm³/mol. The van der Waals surface area contributed by atoms with Crippen molar-refractivity contribution in [2.45, 2.75) is 64.0 Å². The molecule has 0 aromatic heterocycles. The van der Waals surface area contributed by atoms with E-state index >= 15 is 0 Å². The van der Waals surface area contributed by atoms with Crippen LogP contribution in [0.15, 0.2) is 18.2 Å². The van der Waals surface area contributed by atoms with Crippen molar-refractivity contribution in [3.63, 3.8) is 0 Å². The van der Waals surface area contributed by atoms with E-state index in [-0.39, 0.29) is 5.91 Å². The minimum atomic E-state index is -0.415. The Morgan fingerprint density at radius 2 is 1.86 bits per heavy atom. The van der Waals surface area contributed by atoms with Crippen LogP contribution in [0.1, 0.15) is 51.9 Å². The van der Waals surface area contributed by atoms with Gasteiger partial charge in [-0.1, -0.05) is 32.1 Å². The van der Waals surface area contributed by atoms with Gasteiger partial charge in [-0.05, 0) is 38.0 Å². The lowest BCUT2D eigenvalue weighted by Gasteiger charge is -2.26. The van der Waals surface area contributed by atoms with Gasteiger partial charge in [0, 0.05) is 11.7 Å². The Morgan fingerprint density at radius 1 is 1.14 bits per heavy atom. The number of fused-ring (bicyclic) bond motifs is 1. The topological polar surface area (TPSA) is 50.4 Å². The molecule has 1 amide bonds. The predicted octanol–water partition coefficient (Wildman–Crippen LogP) is 3.93. The molecule has 1 atom stereocenters. The molecule has 0 radical (unpaired) electrons. The summed E-state index contributed by atoms with van der Waals surface area (Å²) >= 11 is 0. The zero-order valence-corrected chi connectivity index (χ0v) is 12.7. The van der Waals surface area contributed by atoms with Gasteiger partial charge in [-0.2, -0.15) is 0 Å². The van der Waals surface area contributed by atoms with Crippen molar-refractivity contribution in [2.24, 2.45) is 0 Å². The number of rotatable bonds is 2. The van der Waals surface area contributed by atoms with Crippen LogP contribution in [0.5, 0.6) is 5.75 Å². The second-order valence-electron chi connectivity index (χ2n) is 6.15. The zero-order valence-electron chi connectivity index (χ0n) is 12.7. The quantitative estimate of drug-likeness (QED) is 0.867. The summed E-state index contributed by atoms with van der Waals surface area (Å²) in [6, 6.07) is 6.51. The number of nitrogens with one attached hydrogen (secondary N) is 2. The number of hydrogen-bond donors (Lipinski definition) is 2. The van der Waals surface area contributed by atoms with Gasteiger partial charge in [0.1, 0.15) is 5.75 Å². The van der Waals surface area contributed by atoms with E-state index in [0.717, 1.165) is 17.1 Å². The van der Waals surface area contributed by atoms with E-state index in [1.54, 1.807) is 6.92 Å². The first-order valence-corrected chi connectivity index (χ1v) is 8.10. The second-order valence-corrected chi connectivity index (χ2v) is 6.15. The molecule has 1 heterocycles. The lowest BCUT2D eigenvalue weighted by molar-refractivity contribution is -0.122. The number of anilines is 2. The molecule has 21 heavy (non-hydrogen) atoms. The molecule has 1 aromatic carbocycles. The molecule has 4 nitrogen and oxygen atoms in total. The van der Waals surface area contributed by atoms with E-state index in [4.69, 9.17) is 4.74 Å². The molecule has 1 unspecified atom stereocenters. The summed E-state index contributed by atoms with van der Waals surface area (Å²) in [6.45, 7) is 1.76. The van der Waals surface area contributed by atoms with E-state index in [9.17, 15) is 4.79 Å². The van der Waals surface area contributed by atoms with Crippen LogP contribution in [0.2, 0.25) is 0 Å². The third-order valence-electron chi connectivity index (χ3n) is 4.39. The summed E-state index contributed by atoms with van der Waals surface area (Å²) in [5, 5.41) is 6.52. The molecule has 2 aliphatic rings. The van der Waals surface area contributed by atoms with Crippen LogP contribution < -0.4 is 15.4 Å². The first-order chi connectivity index (χ1) is 10.2. The van der Waals surface area contributed by atoms with Crippen LogP contribution in [0.25, 0.3) is 0 Å². The normalized spacial score (nSPS) is 23.3. The van der Waals surface area contributed by atoms with E-state index in [2.05, 4.69) is 10.6 Å². The SMILES string of the molecule is CC1Oc2ccc(NC3CCCCCCC3)cc2NC1=O. The van der Waals surface area contributed by atoms with Crippen LogP contribution >= 0.6 is 0 Å². The Hall–Kier alpha value is -1.71. The number of hydrogen-bond acceptors (Lipinski definition) is 3. The summed E-state index contributed by atoms with van der Waals surface area (Å²) in [5.41, 5.74) is 1.84. The van der Waals surface area contributed by atoms with Gasteiger partial charge < -0.3 is 15.4 Å². The van der Waals surface area contributed by atoms with E-state index < -0.39 is 6.10 Å². The summed E-state index contributed by atoms with van der Waals surface area (Å²) in [6.07, 6.45) is 8.75. The fourth-order valence-corrected chi connectivity index (χ4v) is 3.13. The van der Waals surface area contributed by atoms with Crippen LogP contribution in [0.3, 0.4) is 0 Å². The molecule has 1 aliphatic heterocycles. The summed E-state index contributed by atoms with van der Waals surface area (Å²) in [7, 11) is 0. The van der Waals surface area contributed by atoms with Crippen molar-refractivity contribution >= 4 is 17.3 Å². The molecule has 114 valence electrons. The Morgan fingerprint density at radius 3 is 2.62 bits per heavy atom. The summed E-state index contributed by atoms with van der Waals surface area (Å²) in [4.78, 5) is 11.7. The summed E-state index contributed by atoms with van der Waals surface area (Å²) < 4.78 is 5.59. The fourth-order valence-electron chi connectivity index (χ4n) is 3.13. The minimum absolute atomic E-state index is 0.0781. The number of amides is 1. The largest absolute Gasteiger partial charge is 0.479 e. The Kier molecular flexibility index (Phi) is 4.32. The van der Waals surface area contributed by atoms with Crippen molar-refractivity contribution in [1.29, 1.82) is 0 Å². The standard InChI is InChI=1S/C17H24N2O2/c1-12-17(20)19-15-11-14(9-10-16(15)21-12)18-13-7-5-3-2-4-6-8-13/h9-13,18H,2-8H2,1H3,(H,19,20). The van der Waals surface area contributed by atoms with Gasteiger partial charge >= 0.3 is 0 Å². The number of carbonyl (C=O) groups excluding carboxylic acids is 1. The minimum Gasteiger partial charge on any atom is -0.479 e. The maximum atomic E-state index is 11.7. The average Bonchev–Trinajstić information content (AvgIpc) is 2.43. The average molecular weight is 288 g/mol. The highest BCUT2D eigenvalue weighted by molar-refractivity contribution is 5.98. The highest BCUT2D eigenvalue weighted by Crippen LogP contribution is 2.33. The number of carbonyl (C=O) groups is 1. The van der Waals surface area contributed by atoms with Gasteiger partial charge in [-0.15, -0.1) is 0 Å². The molecule has 1 fully saturated rings. The van der Waals surface area contributed by atoms with Crippen LogP contribution in [-0.4, -0.2) is 18.1 Å². The van der Waals surface area contributed by atoms with Gasteiger partial charge in [0.2, 0.25) is 0 Å². The van der Waals surface area contributed by atoms with Gasteiger partial charge in [-0.25, -0.2) is 0 Å². The van der Waals surface area contributed by atoms with E-state index in [1.165, 1.54) is 44.9 Å². The smallest absolute Gasteiger partial charge is 0.265 e. The van der Waals surface area contributed by atoms with E-state index in [0.29, 0.717) is 6.04 Å². The third kappa shape index (κ3) is 3.49. The van der Waals surface area contributed by atoms with Gasteiger partial charge in [0.15, 0.2) is 6.10 Å². The molecule has 0 spiro atoms. The van der Waals surface area contributed by atoms with Crippen molar-refractivity contribution in [3.8, 4) is 5.75 Å². The second kappa shape index (κ2) is 6.37. The Labute approximate surface area is 126 Å². The Bertz CT molecular complexity index is 508. The molecule has 2 N–H and O–H groups in total. The zero-order chi connectivity index (χ0) is 14.7. The van der Waals surface area contributed by atoms with Gasteiger partial charge in [0.05, 0.1) is 5.69 Å². The number of ether oxygens (including phenoxy) is 1. The lowest BCUT2D eigenvalue weighted by atomic mass is 9.96. The molecule has 1 aliphatic carbocycles. The molecular formula is C17H24N2O2. The molecular weight excluding hydrogens is 264 g/mol. The third-order valence-corrected chi connectivity index (χ3v) is 4.39. The van der Waals surface area contributed by atoms with Crippen molar-refractivity contribution in [1.82, 2.24) is 0 Å². The number of benzene rings is 1. The highest BCUT2D eigenvalue weighted by Gasteiger charge is 2.23.